The molecule has 0 spiro atoms. The summed E-state index contributed by atoms with van der Waals surface area (Å²) in [7, 11) is 1.99. The molecule has 0 unspecified atom stereocenters. The molecule has 0 aliphatic carbocycles. The number of nitrogens with zero attached hydrogens (tertiary/aromatic N) is 4. The number of rotatable bonds is 4. The van der Waals surface area contributed by atoms with Gasteiger partial charge in [0.05, 0.1) is 0 Å². The highest BCUT2D eigenvalue weighted by Gasteiger charge is 2.23. The number of hydrogen-bond acceptors (Lipinski definition) is 5. The van der Waals surface area contributed by atoms with Crippen LogP contribution >= 0.6 is 0 Å². The van der Waals surface area contributed by atoms with Crippen LogP contribution in [0.1, 0.15) is 6.92 Å². The molecule has 0 aromatic heterocycles. The maximum Gasteiger partial charge on any atom is 0.266 e. The van der Waals surface area contributed by atoms with Gasteiger partial charge in [0.1, 0.15) is 11.6 Å². The molecule has 0 bridgehead atoms. The molecule has 20 heavy (non-hydrogen) atoms. The molecular weight excluding hydrogens is 258 g/mol. The predicted octanol–water partition coefficient (Wildman–Crippen LogP) is -1.02. The Balaban J connectivity index is 2.81. The van der Waals surface area contributed by atoms with Gasteiger partial charge in [-0.15, -0.1) is 0 Å². The Morgan fingerprint density at radius 3 is 2.40 bits per heavy atom. The third-order valence-electron chi connectivity index (χ3n) is 3.20. The van der Waals surface area contributed by atoms with Gasteiger partial charge in [0.2, 0.25) is 5.91 Å². The topological polar surface area (TPSA) is 93.7 Å². The van der Waals surface area contributed by atoms with Crippen LogP contribution < -0.4 is 5.73 Å². The van der Waals surface area contributed by atoms with Crippen LogP contribution in [0.25, 0.3) is 0 Å². The van der Waals surface area contributed by atoms with Gasteiger partial charge in [0.15, 0.2) is 0 Å². The van der Waals surface area contributed by atoms with E-state index in [1.165, 1.54) is 18.0 Å². The van der Waals surface area contributed by atoms with E-state index in [1.807, 2.05) is 13.1 Å². The van der Waals surface area contributed by atoms with Gasteiger partial charge in [-0.2, -0.15) is 5.26 Å². The van der Waals surface area contributed by atoms with Crippen molar-refractivity contribution in [3.63, 3.8) is 0 Å². The van der Waals surface area contributed by atoms with E-state index < -0.39 is 0 Å². The van der Waals surface area contributed by atoms with Gasteiger partial charge in [0, 0.05) is 52.4 Å². The van der Waals surface area contributed by atoms with E-state index in [1.54, 1.807) is 4.90 Å². The first kappa shape index (κ1) is 16.1. The molecule has 1 heterocycles. The Kier molecular flexibility index (Phi) is 6.15. The van der Waals surface area contributed by atoms with Crippen molar-refractivity contribution < 1.29 is 9.59 Å². The molecule has 1 rings (SSSR count). The summed E-state index contributed by atoms with van der Waals surface area (Å²) < 4.78 is 0. The lowest BCUT2D eigenvalue weighted by Crippen LogP contribution is -2.47. The monoisotopic (exact) mass is 279 g/mol. The molecule has 1 aliphatic heterocycles. The van der Waals surface area contributed by atoms with Crippen LogP contribution in [0.5, 0.6) is 0 Å². The Morgan fingerprint density at radius 1 is 1.35 bits per heavy atom. The van der Waals surface area contributed by atoms with Gasteiger partial charge < -0.3 is 20.4 Å². The van der Waals surface area contributed by atoms with Gasteiger partial charge in [-0.25, -0.2) is 0 Å². The molecule has 110 valence electrons. The zero-order valence-corrected chi connectivity index (χ0v) is 12.0. The third kappa shape index (κ3) is 4.33. The van der Waals surface area contributed by atoms with E-state index in [0.717, 1.165) is 13.1 Å². The number of carbonyl (C=O) groups is 2. The molecular formula is C13H21N5O2. The number of carbonyl (C=O) groups excluding carboxylic acids is 2. The Bertz CT molecular complexity index is 433. The fourth-order valence-corrected chi connectivity index (χ4v) is 1.92. The van der Waals surface area contributed by atoms with Crippen molar-refractivity contribution in [3.8, 4) is 6.07 Å². The highest BCUT2D eigenvalue weighted by Crippen LogP contribution is 2.07. The summed E-state index contributed by atoms with van der Waals surface area (Å²) in [5.41, 5.74) is 5.38. The molecule has 2 N–H and O–H groups in total. The molecule has 0 aromatic carbocycles. The van der Waals surface area contributed by atoms with E-state index in [-0.39, 0.29) is 30.5 Å². The van der Waals surface area contributed by atoms with Crippen LogP contribution in [0.4, 0.5) is 0 Å². The van der Waals surface area contributed by atoms with Crippen molar-refractivity contribution in [3.05, 3.63) is 11.8 Å². The number of nitrogens with two attached hydrogens (primary N) is 1. The van der Waals surface area contributed by atoms with Crippen molar-refractivity contribution in [2.24, 2.45) is 5.73 Å². The SMILES string of the molecule is CC(=O)N(/C=C(/C#N)C(=O)N1CCN(C)CC1)CCN. The second kappa shape index (κ2) is 7.62. The number of piperazine rings is 1. The summed E-state index contributed by atoms with van der Waals surface area (Å²) in [6.45, 7) is 4.68. The first-order chi connectivity index (χ1) is 9.49. The average molecular weight is 279 g/mol. The number of nitriles is 1. The third-order valence-corrected chi connectivity index (χ3v) is 3.20. The first-order valence-corrected chi connectivity index (χ1v) is 6.56. The van der Waals surface area contributed by atoms with Crippen LogP contribution in [0.2, 0.25) is 0 Å². The number of hydrogen-bond donors (Lipinski definition) is 1. The lowest BCUT2D eigenvalue weighted by atomic mass is 10.2. The summed E-state index contributed by atoms with van der Waals surface area (Å²) in [5.74, 6) is -0.571. The second-order valence-corrected chi connectivity index (χ2v) is 4.75. The second-order valence-electron chi connectivity index (χ2n) is 4.75. The fraction of sp³-hybridized carbons (Fsp3) is 0.615. The quantitative estimate of drug-likeness (QED) is 0.525. The predicted molar refractivity (Wildman–Crippen MR) is 74.2 cm³/mol. The van der Waals surface area contributed by atoms with Crippen molar-refractivity contribution >= 4 is 11.8 Å². The minimum absolute atomic E-state index is 0.0294. The van der Waals surface area contributed by atoms with Crippen molar-refractivity contribution in [1.29, 1.82) is 5.26 Å². The molecule has 2 amide bonds. The Labute approximate surface area is 119 Å². The summed E-state index contributed by atoms with van der Waals surface area (Å²) in [6, 6.07) is 1.88. The van der Waals surface area contributed by atoms with Crippen LogP contribution in [-0.2, 0) is 9.59 Å². The van der Waals surface area contributed by atoms with E-state index in [0.29, 0.717) is 13.1 Å². The molecule has 0 radical (unpaired) electrons. The van der Waals surface area contributed by atoms with Crippen LogP contribution in [0.3, 0.4) is 0 Å². The van der Waals surface area contributed by atoms with Crippen LogP contribution in [0, 0.1) is 11.3 Å². The van der Waals surface area contributed by atoms with E-state index in [4.69, 9.17) is 11.0 Å². The largest absolute Gasteiger partial charge is 0.335 e. The minimum Gasteiger partial charge on any atom is -0.335 e. The summed E-state index contributed by atoms with van der Waals surface area (Å²) in [4.78, 5) is 28.7. The van der Waals surface area contributed by atoms with E-state index in [9.17, 15) is 9.59 Å². The van der Waals surface area contributed by atoms with Gasteiger partial charge in [-0.3, -0.25) is 9.59 Å². The van der Waals surface area contributed by atoms with E-state index in [2.05, 4.69) is 4.90 Å². The summed E-state index contributed by atoms with van der Waals surface area (Å²) in [6.07, 6.45) is 1.30. The zero-order valence-electron chi connectivity index (χ0n) is 12.0. The normalized spacial score (nSPS) is 16.7. The smallest absolute Gasteiger partial charge is 0.266 e. The van der Waals surface area contributed by atoms with Gasteiger partial charge >= 0.3 is 0 Å². The van der Waals surface area contributed by atoms with Crippen LogP contribution in [0.15, 0.2) is 11.8 Å². The lowest BCUT2D eigenvalue weighted by molar-refractivity contribution is -0.128. The average Bonchev–Trinajstić information content (AvgIpc) is 2.43. The number of amides is 2. The summed E-state index contributed by atoms with van der Waals surface area (Å²) >= 11 is 0. The molecule has 0 atom stereocenters. The van der Waals surface area contributed by atoms with Crippen molar-refractivity contribution in [2.75, 3.05) is 46.3 Å². The Hall–Kier alpha value is -1.91. The molecule has 1 fully saturated rings. The van der Waals surface area contributed by atoms with Gasteiger partial charge in [-0.1, -0.05) is 0 Å². The number of likely N-dealkylation sites (N-methyl/N-ethyl adjacent to an activating group) is 1. The highest BCUT2D eigenvalue weighted by molar-refractivity contribution is 5.97. The molecule has 1 aliphatic rings. The summed E-state index contributed by atoms with van der Waals surface area (Å²) in [5, 5.41) is 9.13. The maximum atomic E-state index is 12.2. The molecule has 0 aromatic rings. The van der Waals surface area contributed by atoms with Crippen molar-refractivity contribution in [1.82, 2.24) is 14.7 Å². The van der Waals surface area contributed by atoms with Gasteiger partial charge in [0.25, 0.3) is 5.91 Å². The molecule has 7 heteroatoms. The van der Waals surface area contributed by atoms with E-state index >= 15 is 0 Å². The molecule has 0 saturated carbocycles. The fourth-order valence-electron chi connectivity index (χ4n) is 1.92. The lowest BCUT2D eigenvalue weighted by Gasteiger charge is -2.32. The minimum atomic E-state index is -0.330. The zero-order chi connectivity index (χ0) is 15.1. The standard InChI is InChI=1S/C13H21N5O2/c1-11(19)18(4-3-14)10-12(9-15)13(20)17-7-5-16(2)6-8-17/h10H,3-8,14H2,1-2H3/b12-10-. The van der Waals surface area contributed by atoms with Crippen molar-refractivity contribution in [2.45, 2.75) is 6.92 Å². The molecule has 7 nitrogen and oxygen atoms in total. The Morgan fingerprint density at radius 2 is 1.95 bits per heavy atom. The van der Waals surface area contributed by atoms with Gasteiger partial charge in [-0.05, 0) is 7.05 Å². The highest BCUT2D eigenvalue weighted by atomic mass is 16.2. The maximum absolute atomic E-state index is 12.2. The molecule has 1 saturated heterocycles. The van der Waals surface area contributed by atoms with Crippen LogP contribution in [-0.4, -0.2) is 72.8 Å². The first-order valence-electron chi connectivity index (χ1n) is 6.56.